The Morgan fingerprint density at radius 2 is 1.82 bits per heavy atom. The molecule has 0 aromatic heterocycles. The van der Waals surface area contributed by atoms with E-state index in [1.807, 2.05) is 50.1 Å². The predicted octanol–water partition coefficient (Wildman–Crippen LogP) is 3.15. The number of likely N-dealkylation sites (N-methyl/N-ethyl adjacent to an activating group) is 1. The average molecular weight is 541 g/mol. The van der Waals surface area contributed by atoms with Crippen LogP contribution in [0.25, 0.3) is 6.08 Å². The largest absolute Gasteiger partial charge is 0.495 e. The normalized spacial score (nSPS) is 18.5. The minimum absolute atomic E-state index is 0.00325. The smallest absolute Gasteiger partial charge is 0.331 e. The Morgan fingerprint density at radius 3 is 2.50 bits per heavy atom. The highest BCUT2D eigenvalue weighted by Gasteiger charge is 2.38. The van der Waals surface area contributed by atoms with Crippen LogP contribution in [0.1, 0.15) is 25.0 Å². The molecule has 0 radical (unpaired) electrons. The summed E-state index contributed by atoms with van der Waals surface area (Å²) in [5.41, 5.74) is 3.08. The first-order valence-corrected chi connectivity index (χ1v) is 13.7. The monoisotopic (exact) mass is 540 g/mol. The van der Waals surface area contributed by atoms with Crippen LogP contribution in [0.3, 0.4) is 0 Å². The Bertz CT molecular complexity index is 1390. The number of fused-ring (bicyclic) bond motifs is 1. The summed E-state index contributed by atoms with van der Waals surface area (Å²) in [7, 11) is -0.504. The molecule has 2 heterocycles. The van der Waals surface area contributed by atoms with Crippen molar-refractivity contribution in [1.29, 1.82) is 0 Å². The zero-order valence-electron chi connectivity index (χ0n) is 22.0. The Hall–Kier alpha value is -3.47. The molecule has 2 aromatic carbocycles. The van der Waals surface area contributed by atoms with Crippen LogP contribution in [0.5, 0.6) is 5.75 Å². The number of hydrogen-bond acceptors (Lipinski definition) is 8. The van der Waals surface area contributed by atoms with Gasteiger partial charge in [0, 0.05) is 49.1 Å². The SMILES string of the molecule is COc1ccc(/C=C/C(=O)OCC(=O)/C=C2/N(C)c3ccccc3C2(C)C)cc1S(=O)(=O)N1CCOCC1. The van der Waals surface area contributed by atoms with Crippen LogP contribution in [0.15, 0.2) is 65.2 Å². The minimum atomic E-state index is -3.81. The Morgan fingerprint density at radius 1 is 1.11 bits per heavy atom. The average Bonchev–Trinajstić information content (AvgIpc) is 3.11. The maximum absolute atomic E-state index is 13.1. The van der Waals surface area contributed by atoms with Gasteiger partial charge in [0.2, 0.25) is 10.0 Å². The number of hydrogen-bond donors (Lipinski definition) is 0. The van der Waals surface area contributed by atoms with E-state index in [0.717, 1.165) is 23.0 Å². The van der Waals surface area contributed by atoms with Gasteiger partial charge in [0.05, 0.1) is 20.3 Å². The lowest BCUT2D eigenvalue weighted by Crippen LogP contribution is -2.40. The molecule has 0 amide bonds. The fourth-order valence-electron chi connectivity index (χ4n) is 4.73. The third-order valence-corrected chi connectivity index (χ3v) is 8.70. The minimum Gasteiger partial charge on any atom is -0.495 e. The molecule has 38 heavy (non-hydrogen) atoms. The number of sulfonamides is 1. The van der Waals surface area contributed by atoms with Gasteiger partial charge in [-0.15, -0.1) is 0 Å². The van der Waals surface area contributed by atoms with Gasteiger partial charge in [-0.3, -0.25) is 4.79 Å². The second-order valence-electron chi connectivity index (χ2n) is 9.56. The molecule has 0 spiro atoms. The maximum Gasteiger partial charge on any atom is 0.331 e. The van der Waals surface area contributed by atoms with Crippen LogP contribution in [-0.4, -0.2) is 71.5 Å². The van der Waals surface area contributed by atoms with Gasteiger partial charge >= 0.3 is 5.97 Å². The van der Waals surface area contributed by atoms with Gasteiger partial charge in [0.25, 0.3) is 0 Å². The molecular formula is C28H32N2O7S. The van der Waals surface area contributed by atoms with E-state index in [9.17, 15) is 18.0 Å². The fraction of sp³-hybridized carbons (Fsp3) is 0.357. The predicted molar refractivity (Wildman–Crippen MR) is 144 cm³/mol. The van der Waals surface area contributed by atoms with Crippen molar-refractivity contribution in [1.82, 2.24) is 4.31 Å². The number of nitrogens with zero attached hydrogens (tertiary/aromatic N) is 2. The third-order valence-electron chi connectivity index (χ3n) is 6.78. The molecule has 0 unspecified atom stereocenters. The van der Waals surface area contributed by atoms with Gasteiger partial charge in [0.1, 0.15) is 10.6 Å². The number of morpholine rings is 1. The van der Waals surface area contributed by atoms with Gasteiger partial charge in [0.15, 0.2) is 12.4 Å². The number of benzene rings is 2. The molecule has 0 bridgehead atoms. The summed E-state index contributed by atoms with van der Waals surface area (Å²) in [6.07, 6.45) is 4.12. The standard InChI is InChI=1S/C28H32N2O7S/c1-28(2)22-7-5-6-8-23(22)29(3)26(28)18-21(31)19-37-27(32)12-10-20-9-11-24(35-4)25(17-20)38(33,34)30-13-15-36-16-14-30/h5-12,17-18H,13-16,19H2,1-4H3/b12-10+,26-18+. The summed E-state index contributed by atoms with van der Waals surface area (Å²) in [5.74, 6) is -0.845. The van der Waals surface area contributed by atoms with E-state index in [2.05, 4.69) is 0 Å². The van der Waals surface area contributed by atoms with Crippen LogP contribution in [-0.2, 0) is 34.5 Å². The van der Waals surface area contributed by atoms with E-state index in [1.54, 1.807) is 6.07 Å². The molecule has 0 atom stereocenters. The maximum atomic E-state index is 13.1. The van der Waals surface area contributed by atoms with Crippen molar-refractivity contribution >= 4 is 33.5 Å². The lowest BCUT2D eigenvalue weighted by molar-refractivity contribution is -0.141. The molecule has 10 heteroatoms. The highest BCUT2D eigenvalue weighted by molar-refractivity contribution is 7.89. The second kappa shape index (κ2) is 11.1. The second-order valence-corrected chi connectivity index (χ2v) is 11.5. The van der Waals surface area contributed by atoms with E-state index < -0.39 is 22.6 Å². The number of carbonyl (C=O) groups is 2. The molecular weight excluding hydrogens is 508 g/mol. The Kier molecular flexibility index (Phi) is 8.05. The number of rotatable bonds is 8. The summed E-state index contributed by atoms with van der Waals surface area (Å²) >= 11 is 0. The van der Waals surface area contributed by atoms with Gasteiger partial charge in [-0.25, -0.2) is 13.2 Å². The molecule has 1 saturated heterocycles. The lowest BCUT2D eigenvalue weighted by Gasteiger charge is -2.26. The van der Waals surface area contributed by atoms with Gasteiger partial charge in [-0.05, 0) is 35.4 Å². The van der Waals surface area contributed by atoms with E-state index in [0.29, 0.717) is 18.8 Å². The summed E-state index contributed by atoms with van der Waals surface area (Å²) in [6.45, 7) is 4.83. The first kappa shape index (κ1) is 27.6. The molecule has 9 nitrogen and oxygen atoms in total. The number of ketones is 1. The number of para-hydroxylation sites is 1. The van der Waals surface area contributed by atoms with Crippen molar-refractivity contribution in [2.75, 3.05) is 52.0 Å². The highest BCUT2D eigenvalue weighted by Crippen LogP contribution is 2.46. The lowest BCUT2D eigenvalue weighted by atomic mass is 9.83. The summed E-state index contributed by atoms with van der Waals surface area (Å²) in [5, 5.41) is 0. The van der Waals surface area contributed by atoms with E-state index in [4.69, 9.17) is 14.2 Å². The summed E-state index contributed by atoms with van der Waals surface area (Å²) < 4.78 is 43.3. The molecule has 2 aliphatic rings. The topological polar surface area (TPSA) is 102 Å². The van der Waals surface area contributed by atoms with Crippen LogP contribution >= 0.6 is 0 Å². The van der Waals surface area contributed by atoms with Crippen LogP contribution < -0.4 is 9.64 Å². The Balaban J connectivity index is 1.42. The van der Waals surface area contributed by atoms with Crippen molar-refractivity contribution in [3.8, 4) is 5.75 Å². The molecule has 0 aliphatic carbocycles. The van der Waals surface area contributed by atoms with Crippen LogP contribution in [0, 0.1) is 0 Å². The van der Waals surface area contributed by atoms with Crippen molar-refractivity contribution in [2.45, 2.75) is 24.2 Å². The van der Waals surface area contributed by atoms with E-state index in [-0.39, 0.29) is 34.9 Å². The van der Waals surface area contributed by atoms with Crippen molar-refractivity contribution in [3.63, 3.8) is 0 Å². The molecule has 2 aliphatic heterocycles. The third kappa shape index (κ3) is 5.52. The van der Waals surface area contributed by atoms with Crippen molar-refractivity contribution in [2.24, 2.45) is 0 Å². The highest BCUT2D eigenvalue weighted by atomic mass is 32.2. The number of allylic oxidation sites excluding steroid dienone is 1. The van der Waals surface area contributed by atoms with Crippen molar-refractivity contribution < 1.29 is 32.2 Å². The van der Waals surface area contributed by atoms with Gasteiger partial charge < -0.3 is 19.1 Å². The zero-order valence-corrected chi connectivity index (χ0v) is 22.8. The molecule has 202 valence electrons. The number of ether oxygens (including phenoxy) is 3. The van der Waals surface area contributed by atoms with Crippen LogP contribution in [0.2, 0.25) is 0 Å². The van der Waals surface area contributed by atoms with Crippen molar-refractivity contribution in [3.05, 3.63) is 71.4 Å². The molecule has 0 N–H and O–H groups in total. The van der Waals surface area contributed by atoms with E-state index >= 15 is 0 Å². The van der Waals surface area contributed by atoms with Gasteiger partial charge in [-0.1, -0.05) is 38.1 Å². The fourth-order valence-corrected chi connectivity index (χ4v) is 6.33. The molecule has 0 saturated carbocycles. The molecule has 4 rings (SSSR count). The summed E-state index contributed by atoms with van der Waals surface area (Å²) in [4.78, 5) is 26.9. The number of esters is 1. The molecule has 2 aromatic rings. The summed E-state index contributed by atoms with van der Waals surface area (Å²) in [6, 6.07) is 12.6. The molecule has 1 fully saturated rings. The number of anilines is 1. The Labute approximate surface area is 223 Å². The quantitative estimate of drug-likeness (QED) is 0.372. The first-order chi connectivity index (χ1) is 18.1. The number of methoxy groups -OCH3 is 1. The van der Waals surface area contributed by atoms with Gasteiger partial charge in [-0.2, -0.15) is 4.31 Å². The van der Waals surface area contributed by atoms with E-state index in [1.165, 1.54) is 35.7 Å². The zero-order chi connectivity index (χ0) is 27.5. The number of carbonyl (C=O) groups excluding carboxylic acids is 2. The first-order valence-electron chi connectivity index (χ1n) is 12.2. The van der Waals surface area contributed by atoms with Crippen LogP contribution in [0.4, 0.5) is 5.69 Å².